The zero-order valence-corrected chi connectivity index (χ0v) is 32.5. The Hall–Kier alpha value is -4.26. The molecule has 1 saturated heterocycles. The second-order valence-electron chi connectivity index (χ2n) is 14.2. The SMILES string of the molecule is CC(C)(C)C(=O)OCc1ccc(OCCOCCNC(O)[C@H](CS(=O)(=O)O)NC(=O)CCCCCN2C(=O)C=CC2=O)cc1O[C@@H]1O[C@H](C(=O)O)[C@@H](O)[C@H](O)[C@H]1O. The third-order valence-electron chi connectivity index (χ3n) is 8.47. The van der Waals surface area contributed by atoms with E-state index in [2.05, 4.69) is 10.6 Å². The first kappa shape index (κ1) is 47.1. The number of ether oxygens (including phenoxy) is 5. The summed E-state index contributed by atoms with van der Waals surface area (Å²) in [6.45, 7) is 4.74. The van der Waals surface area contributed by atoms with E-state index in [1.165, 1.54) is 30.4 Å². The van der Waals surface area contributed by atoms with Crippen molar-refractivity contribution in [2.45, 2.75) is 96.0 Å². The summed E-state index contributed by atoms with van der Waals surface area (Å²) in [6.07, 6.45) is -7.46. The summed E-state index contributed by atoms with van der Waals surface area (Å²) >= 11 is 0. The average Bonchev–Trinajstić information content (AvgIpc) is 3.44. The Balaban J connectivity index is 1.48. The van der Waals surface area contributed by atoms with Crippen LogP contribution in [0, 0.1) is 5.41 Å². The van der Waals surface area contributed by atoms with Gasteiger partial charge in [-0.2, -0.15) is 8.42 Å². The summed E-state index contributed by atoms with van der Waals surface area (Å²) in [4.78, 5) is 60.7. The molecule has 2 heterocycles. The molecule has 0 radical (unpaired) electrons. The van der Waals surface area contributed by atoms with Crippen LogP contribution in [0.3, 0.4) is 0 Å². The molecule has 0 bridgehead atoms. The van der Waals surface area contributed by atoms with Crippen LogP contribution in [-0.4, -0.2) is 155 Å². The molecule has 1 unspecified atom stereocenters. The number of aliphatic hydroxyl groups excluding tert-OH is 4. The van der Waals surface area contributed by atoms with E-state index in [-0.39, 0.29) is 63.0 Å². The molecule has 0 aliphatic carbocycles. The zero-order valence-electron chi connectivity index (χ0n) is 31.6. The number of carboxylic acids is 1. The quantitative estimate of drug-likeness (QED) is 0.0198. The van der Waals surface area contributed by atoms with Crippen LogP contribution >= 0.6 is 0 Å². The van der Waals surface area contributed by atoms with Gasteiger partial charge in [-0.3, -0.25) is 33.9 Å². The second kappa shape index (κ2) is 21.5. The number of benzene rings is 1. The Morgan fingerprint density at radius 3 is 2.28 bits per heavy atom. The van der Waals surface area contributed by atoms with Gasteiger partial charge in [-0.1, -0.05) is 6.42 Å². The monoisotopic (exact) mass is 833 g/mol. The number of hydrogen-bond acceptors (Lipinski definition) is 17. The average molecular weight is 834 g/mol. The van der Waals surface area contributed by atoms with E-state index in [0.717, 1.165) is 4.90 Å². The van der Waals surface area contributed by atoms with Crippen LogP contribution in [0.2, 0.25) is 0 Å². The number of aliphatic hydroxyl groups is 4. The number of rotatable bonds is 23. The Morgan fingerprint density at radius 1 is 0.965 bits per heavy atom. The lowest BCUT2D eigenvalue weighted by Crippen LogP contribution is -2.61. The number of esters is 1. The van der Waals surface area contributed by atoms with Crippen LogP contribution < -0.4 is 20.1 Å². The molecule has 320 valence electrons. The highest BCUT2D eigenvalue weighted by atomic mass is 32.2. The van der Waals surface area contributed by atoms with Crippen molar-refractivity contribution in [3.8, 4) is 11.5 Å². The summed E-state index contributed by atoms with van der Waals surface area (Å²) in [5.41, 5.74) is -0.578. The maximum atomic E-state index is 12.5. The van der Waals surface area contributed by atoms with Gasteiger partial charge in [-0.25, -0.2) is 4.79 Å². The molecule has 3 amide bonds. The molecular weight excluding hydrogens is 782 g/mol. The predicted octanol–water partition coefficient (Wildman–Crippen LogP) is -1.79. The molecule has 57 heavy (non-hydrogen) atoms. The number of carboxylic acid groups (broad SMARTS) is 1. The van der Waals surface area contributed by atoms with Gasteiger partial charge in [0.1, 0.15) is 49.3 Å². The van der Waals surface area contributed by atoms with E-state index < -0.39 is 93.9 Å². The maximum Gasteiger partial charge on any atom is 0.335 e. The van der Waals surface area contributed by atoms with Gasteiger partial charge in [0.2, 0.25) is 12.2 Å². The Kier molecular flexibility index (Phi) is 17.8. The minimum atomic E-state index is -4.61. The minimum Gasteiger partial charge on any atom is -0.491 e. The maximum absolute atomic E-state index is 12.5. The number of imide groups is 1. The lowest BCUT2D eigenvalue weighted by molar-refractivity contribution is -0.271. The number of aliphatic carboxylic acids is 1. The van der Waals surface area contributed by atoms with Gasteiger partial charge in [-0.05, 0) is 45.7 Å². The topological polar surface area (TPSA) is 314 Å². The molecule has 21 nitrogen and oxygen atoms in total. The van der Waals surface area contributed by atoms with Crippen LogP contribution in [0.15, 0.2) is 30.4 Å². The molecule has 2 aliphatic heterocycles. The lowest BCUT2D eigenvalue weighted by Gasteiger charge is -2.38. The van der Waals surface area contributed by atoms with Crippen molar-refractivity contribution in [1.29, 1.82) is 0 Å². The summed E-state index contributed by atoms with van der Waals surface area (Å²) in [5, 5.41) is 55.6. The van der Waals surface area contributed by atoms with Gasteiger partial charge in [0.15, 0.2) is 6.10 Å². The van der Waals surface area contributed by atoms with E-state index in [9.17, 15) is 62.5 Å². The van der Waals surface area contributed by atoms with Crippen LogP contribution in [0.4, 0.5) is 0 Å². The lowest BCUT2D eigenvalue weighted by atomic mass is 9.97. The zero-order chi connectivity index (χ0) is 42.5. The van der Waals surface area contributed by atoms with Crippen molar-refractivity contribution in [1.82, 2.24) is 15.5 Å². The third-order valence-corrected chi connectivity index (χ3v) is 9.25. The Labute approximate surface area is 328 Å². The van der Waals surface area contributed by atoms with Crippen LogP contribution in [0.1, 0.15) is 52.0 Å². The molecule has 0 saturated carbocycles. The van der Waals surface area contributed by atoms with Crippen molar-refractivity contribution in [3.05, 3.63) is 35.9 Å². The molecule has 3 rings (SSSR count). The molecule has 2 aliphatic rings. The summed E-state index contributed by atoms with van der Waals surface area (Å²) in [7, 11) is -4.61. The first-order chi connectivity index (χ1) is 26.7. The number of carbonyl (C=O) groups is 5. The van der Waals surface area contributed by atoms with Crippen molar-refractivity contribution in [3.63, 3.8) is 0 Å². The molecule has 7 atom stereocenters. The first-order valence-corrected chi connectivity index (χ1v) is 19.6. The van der Waals surface area contributed by atoms with Crippen molar-refractivity contribution >= 4 is 39.8 Å². The highest BCUT2D eigenvalue weighted by molar-refractivity contribution is 7.85. The van der Waals surface area contributed by atoms with Crippen molar-refractivity contribution in [2.75, 3.05) is 38.7 Å². The van der Waals surface area contributed by atoms with E-state index in [4.69, 9.17) is 23.7 Å². The van der Waals surface area contributed by atoms with Crippen molar-refractivity contribution in [2.24, 2.45) is 5.41 Å². The van der Waals surface area contributed by atoms with Crippen LogP contribution in [-0.2, 0) is 54.9 Å². The minimum absolute atomic E-state index is 0.00445. The van der Waals surface area contributed by atoms with Crippen LogP contribution in [0.25, 0.3) is 0 Å². The number of amides is 3. The molecule has 8 N–H and O–H groups in total. The standard InChI is InChI=1S/C35H51N3O18S/c1-35(2,3)34(48)54-18-20-8-9-21(17-23(20)55-33-29(44)27(42)28(43)30(56-33)32(46)47)53-16-15-52-14-12-36-31(45)22(19-57(49,50)51)37-24(39)7-5-4-6-13-38-25(40)10-11-26(38)41/h8-11,17,22,27-31,33,36,42-45H,4-7,12-16,18-19H2,1-3H3,(H,37,39)(H,46,47)(H,49,50,51)/t22-,27-,28-,29+,30-,31?,33+/m0/s1. The van der Waals surface area contributed by atoms with Crippen molar-refractivity contribution < 1.29 is 86.2 Å². The molecule has 22 heteroatoms. The fraction of sp³-hybridized carbons (Fsp3) is 0.629. The summed E-state index contributed by atoms with van der Waals surface area (Å²) < 4.78 is 60.0. The van der Waals surface area contributed by atoms with Gasteiger partial charge in [-0.15, -0.1) is 0 Å². The van der Waals surface area contributed by atoms with E-state index in [1.807, 2.05) is 0 Å². The molecule has 1 aromatic rings. The fourth-order valence-electron chi connectivity index (χ4n) is 5.33. The predicted molar refractivity (Wildman–Crippen MR) is 194 cm³/mol. The summed E-state index contributed by atoms with van der Waals surface area (Å²) in [5.74, 6) is -4.43. The normalized spacial score (nSPS) is 22.2. The Bertz CT molecular complexity index is 1680. The number of carbonyl (C=O) groups excluding carboxylic acids is 4. The highest BCUT2D eigenvalue weighted by Gasteiger charge is 2.48. The highest BCUT2D eigenvalue weighted by Crippen LogP contribution is 2.31. The fourth-order valence-corrected chi connectivity index (χ4v) is 6.05. The molecule has 0 spiro atoms. The number of nitrogens with zero attached hydrogens (tertiary/aromatic N) is 1. The first-order valence-electron chi connectivity index (χ1n) is 18.0. The molecular formula is C35H51N3O18S. The van der Waals surface area contributed by atoms with Gasteiger partial charge < -0.3 is 54.5 Å². The molecule has 0 aromatic heterocycles. The number of unbranched alkanes of at least 4 members (excludes halogenated alkanes) is 2. The van der Waals surface area contributed by atoms with E-state index in [0.29, 0.717) is 19.3 Å². The smallest absolute Gasteiger partial charge is 0.335 e. The van der Waals surface area contributed by atoms with E-state index >= 15 is 0 Å². The largest absolute Gasteiger partial charge is 0.491 e. The Morgan fingerprint density at radius 2 is 1.65 bits per heavy atom. The molecule has 1 fully saturated rings. The van der Waals surface area contributed by atoms with E-state index in [1.54, 1.807) is 20.8 Å². The number of hydrogen-bond donors (Lipinski definition) is 8. The third kappa shape index (κ3) is 15.2. The number of nitrogens with one attached hydrogen (secondary N) is 2. The summed E-state index contributed by atoms with van der Waals surface area (Å²) in [6, 6.07) is 2.90. The van der Waals surface area contributed by atoms with Gasteiger partial charge >= 0.3 is 11.9 Å². The van der Waals surface area contributed by atoms with Crippen LogP contribution in [0.5, 0.6) is 11.5 Å². The molecule has 1 aromatic carbocycles. The van der Waals surface area contributed by atoms with Gasteiger partial charge in [0, 0.05) is 43.3 Å². The van der Waals surface area contributed by atoms with Gasteiger partial charge in [0.05, 0.1) is 30.4 Å². The second-order valence-corrected chi connectivity index (χ2v) is 15.7. The van der Waals surface area contributed by atoms with Gasteiger partial charge in [0.25, 0.3) is 21.9 Å².